The Labute approximate surface area is 78.3 Å². The molecule has 70 valence electrons. The molecule has 2 nitrogen and oxygen atoms in total. The Morgan fingerprint density at radius 3 is 3.00 bits per heavy atom. The van der Waals surface area contributed by atoms with E-state index in [4.69, 9.17) is 5.11 Å². The van der Waals surface area contributed by atoms with Crippen LogP contribution in [0.2, 0.25) is 0 Å². The highest BCUT2D eigenvalue weighted by Gasteiger charge is 2.40. The Bertz CT molecular complexity index is 157. The van der Waals surface area contributed by atoms with Crippen LogP contribution in [0, 0.1) is 5.41 Å². The molecule has 1 N–H and O–H groups in total. The van der Waals surface area contributed by atoms with Crippen LogP contribution in [0.3, 0.4) is 0 Å². The topological polar surface area (TPSA) is 23.5 Å². The van der Waals surface area contributed by atoms with Crippen molar-refractivity contribution in [2.45, 2.75) is 12.8 Å². The zero-order valence-electron chi connectivity index (χ0n) is 7.46. The Morgan fingerprint density at radius 2 is 2.33 bits per heavy atom. The molecule has 0 bridgehead atoms. The van der Waals surface area contributed by atoms with Gasteiger partial charge < -0.3 is 10.0 Å². The molecule has 1 atom stereocenters. The summed E-state index contributed by atoms with van der Waals surface area (Å²) in [5.74, 6) is 2.71. The summed E-state index contributed by atoms with van der Waals surface area (Å²) in [5.41, 5.74) is 0.639. The van der Waals surface area contributed by atoms with Crippen LogP contribution in [0.1, 0.15) is 12.8 Å². The maximum absolute atomic E-state index is 8.81. The largest absolute Gasteiger partial charge is 0.395 e. The summed E-state index contributed by atoms with van der Waals surface area (Å²) in [4.78, 5) is 2.41. The molecule has 2 aliphatic rings. The minimum atomic E-state index is 0.323. The highest BCUT2D eigenvalue weighted by atomic mass is 32.2. The second kappa shape index (κ2) is 3.56. The molecule has 3 heteroatoms. The van der Waals surface area contributed by atoms with Crippen LogP contribution >= 0.6 is 11.8 Å². The lowest BCUT2D eigenvalue weighted by molar-refractivity contribution is 0.206. The van der Waals surface area contributed by atoms with Crippen molar-refractivity contribution in [3.8, 4) is 0 Å². The van der Waals surface area contributed by atoms with E-state index < -0.39 is 0 Å². The van der Waals surface area contributed by atoms with Crippen LogP contribution in [0.4, 0.5) is 0 Å². The first-order chi connectivity index (χ1) is 5.85. The van der Waals surface area contributed by atoms with Crippen molar-refractivity contribution in [2.75, 3.05) is 37.7 Å². The number of hydrogen-bond acceptors (Lipinski definition) is 3. The lowest BCUT2D eigenvalue weighted by Crippen LogP contribution is -2.29. The van der Waals surface area contributed by atoms with Crippen LogP contribution in [0.5, 0.6) is 0 Å². The quantitative estimate of drug-likeness (QED) is 0.692. The van der Waals surface area contributed by atoms with Crippen molar-refractivity contribution >= 4 is 11.8 Å². The average molecular weight is 187 g/mol. The molecule has 0 saturated carbocycles. The van der Waals surface area contributed by atoms with Gasteiger partial charge in [0.15, 0.2) is 0 Å². The van der Waals surface area contributed by atoms with Crippen LogP contribution in [0.25, 0.3) is 0 Å². The summed E-state index contributed by atoms with van der Waals surface area (Å²) in [5, 5.41) is 8.81. The fourth-order valence-corrected chi connectivity index (χ4v) is 3.87. The molecular formula is C9H17NOS. The molecule has 0 aromatic rings. The molecule has 0 unspecified atom stereocenters. The number of thioether (sulfide) groups is 1. The van der Waals surface area contributed by atoms with Gasteiger partial charge in [0.05, 0.1) is 6.61 Å². The zero-order chi connectivity index (χ0) is 8.44. The van der Waals surface area contributed by atoms with Crippen molar-refractivity contribution in [3.05, 3.63) is 0 Å². The standard InChI is InChI=1S/C9H17NOS/c11-5-4-10-3-1-9(7-10)2-6-12-8-9/h11H,1-8H2/t9-/m0/s1. The molecule has 0 aromatic carbocycles. The van der Waals surface area contributed by atoms with E-state index in [1.165, 1.54) is 37.4 Å². The summed E-state index contributed by atoms with van der Waals surface area (Å²) in [7, 11) is 0. The van der Waals surface area contributed by atoms with Gasteiger partial charge >= 0.3 is 0 Å². The van der Waals surface area contributed by atoms with E-state index in [0.717, 1.165) is 6.54 Å². The van der Waals surface area contributed by atoms with Gasteiger partial charge in [0, 0.05) is 18.8 Å². The number of aliphatic hydroxyl groups excluding tert-OH is 1. The molecule has 2 fully saturated rings. The fraction of sp³-hybridized carbons (Fsp3) is 1.00. The van der Waals surface area contributed by atoms with Gasteiger partial charge in [-0.3, -0.25) is 0 Å². The summed E-state index contributed by atoms with van der Waals surface area (Å²) in [6.07, 6.45) is 2.76. The van der Waals surface area contributed by atoms with Gasteiger partial charge in [-0.15, -0.1) is 0 Å². The number of likely N-dealkylation sites (tertiary alicyclic amines) is 1. The van der Waals surface area contributed by atoms with Crippen LogP contribution in [-0.2, 0) is 0 Å². The molecule has 0 aliphatic carbocycles. The molecule has 2 aliphatic heterocycles. The lowest BCUT2D eigenvalue weighted by atomic mass is 9.87. The van der Waals surface area contributed by atoms with Gasteiger partial charge in [0.2, 0.25) is 0 Å². The smallest absolute Gasteiger partial charge is 0.0558 e. The average Bonchev–Trinajstić information content (AvgIpc) is 2.65. The fourth-order valence-electron chi connectivity index (χ4n) is 2.33. The minimum Gasteiger partial charge on any atom is -0.395 e. The SMILES string of the molecule is OCCN1CC[C@]2(CCSC2)C1. The monoisotopic (exact) mass is 187 g/mol. The first kappa shape index (κ1) is 8.85. The van der Waals surface area contributed by atoms with Crippen LogP contribution < -0.4 is 0 Å². The predicted molar refractivity (Wildman–Crippen MR) is 52.5 cm³/mol. The maximum atomic E-state index is 8.81. The Hall–Kier alpha value is 0.270. The Morgan fingerprint density at radius 1 is 1.42 bits per heavy atom. The molecule has 2 rings (SSSR count). The van der Waals surface area contributed by atoms with Crippen molar-refractivity contribution < 1.29 is 5.11 Å². The second-order valence-corrected chi connectivity index (χ2v) is 5.16. The zero-order valence-corrected chi connectivity index (χ0v) is 8.28. The number of aliphatic hydroxyl groups is 1. The summed E-state index contributed by atoms with van der Waals surface area (Å²) >= 11 is 2.10. The number of hydrogen-bond donors (Lipinski definition) is 1. The van der Waals surface area contributed by atoms with Gasteiger partial charge in [-0.05, 0) is 30.6 Å². The third kappa shape index (κ3) is 1.63. The first-order valence-electron chi connectivity index (χ1n) is 4.76. The van der Waals surface area contributed by atoms with Gasteiger partial charge in [-0.1, -0.05) is 0 Å². The normalized spacial score (nSPS) is 36.8. The van der Waals surface area contributed by atoms with E-state index in [1.54, 1.807) is 0 Å². The minimum absolute atomic E-state index is 0.323. The van der Waals surface area contributed by atoms with Gasteiger partial charge in [-0.25, -0.2) is 0 Å². The predicted octanol–water partition coefficient (Wildman–Crippen LogP) is 0.808. The van der Waals surface area contributed by atoms with Crippen LogP contribution in [-0.4, -0.2) is 47.8 Å². The lowest BCUT2D eigenvalue weighted by Gasteiger charge is -2.22. The van der Waals surface area contributed by atoms with E-state index >= 15 is 0 Å². The molecule has 0 aromatic heterocycles. The molecule has 1 spiro atoms. The molecule has 0 radical (unpaired) electrons. The summed E-state index contributed by atoms with van der Waals surface area (Å²) < 4.78 is 0. The van der Waals surface area contributed by atoms with E-state index in [0.29, 0.717) is 12.0 Å². The third-order valence-electron chi connectivity index (χ3n) is 3.12. The Balaban J connectivity index is 1.88. The molecular weight excluding hydrogens is 170 g/mol. The number of β-amino-alcohol motifs (C(OH)–C–C–N with tert-alkyl or cyclic N) is 1. The maximum Gasteiger partial charge on any atom is 0.0558 e. The van der Waals surface area contributed by atoms with Gasteiger partial charge in [0.25, 0.3) is 0 Å². The van der Waals surface area contributed by atoms with Crippen molar-refractivity contribution in [3.63, 3.8) is 0 Å². The van der Waals surface area contributed by atoms with Gasteiger partial charge in [-0.2, -0.15) is 11.8 Å². The van der Waals surface area contributed by atoms with Crippen molar-refractivity contribution in [1.82, 2.24) is 4.90 Å². The highest BCUT2D eigenvalue weighted by molar-refractivity contribution is 7.99. The molecule has 12 heavy (non-hydrogen) atoms. The number of nitrogens with zero attached hydrogens (tertiary/aromatic N) is 1. The second-order valence-electron chi connectivity index (χ2n) is 4.05. The molecule has 2 heterocycles. The van der Waals surface area contributed by atoms with Crippen molar-refractivity contribution in [1.29, 1.82) is 0 Å². The van der Waals surface area contributed by atoms with E-state index in [-0.39, 0.29) is 0 Å². The first-order valence-corrected chi connectivity index (χ1v) is 5.91. The van der Waals surface area contributed by atoms with E-state index in [1.807, 2.05) is 0 Å². The van der Waals surface area contributed by atoms with Crippen LogP contribution in [0.15, 0.2) is 0 Å². The van der Waals surface area contributed by atoms with E-state index in [2.05, 4.69) is 16.7 Å². The molecule has 0 amide bonds. The highest BCUT2D eigenvalue weighted by Crippen LogP contribution is 2.42. The Kier molecular flexibility index (Phi) is 2.63. The summed E-state index contributed by atoms with van der Waals surface area (Å²) in [6.45, 7) is 3.65. The van der Waals surface area contributed by atoms with E-state index in [9.17, 15) is 0 Å². The number of rotatable bonds is 2. The third-order valence-corrected chi connectivity index (χ3v) is 4.43. The van der Waals surface area contributed by atoms with Crippen molar-refractivity contribution in [2.24, 2.45) is 5.41 Å². The summed E-state index contributed by atoms with van der Waals surface area (Å²) in [6, 6.07) is 0. The molecule has 2 saturated heterocycles. The van der Waals surface area contributed by atoms with Gasteiger partial charge in [0.1, 0.15) is 0 Å².